The maximum Gasteiger partial charge on any atom is 0.203 e. The summed E-state index contributed by atoms with van der Waals surface area (Å²) in [5.41, 5.74) is 3.50. The molecule has 102 valence electrons. The minimum absolute atomic E-state index is 0.656. The number of aromatic nitrogens is 4. The van der Waals surface area contributed by atoms with Crippen LogP contribution in [-0.4, -0.2) is 19.3 Å². The number of hydrogen-bond donors (Lipinski definition) is 1. The molecule has 2 heterocycles. The first kappa shape index (κ1) is 12.3. The van der Waals surface area contributed by atoms with Gasteiger partial charge in [0, 0.05) is 37.6 Å². The topological polar surface area (TPSA) is 47.7 Å². The molecule has 0 radical (unpaired) electrons. The highest BCUT2D eigenvalue weighted by Gasteiger charge is 2.26. The summed E-state index contributed by atoms with van der Waals surface area (Å²) < 4.78 is 4.16. The number of nitrogens with zero attached hydrogens (tertiary/aromatic N) is 4. The number of anilines is 1. The fourth-order valence-electron chi connectivity index (χ4n) is 2.48. The molecule has 0 aliphatic heterocycles. The molecule has 0 amide bonds. The van der Waals surface area contributed by atoms with Gasteiger partial charge in [-0.3, -0.25) is 4.68 Å². The first-order chi connectivity index (χ1) is 9.17. The van der Waals surface area contributed by atoms with Gasteiger partial charge in [0.05, 0.1) is 11.4 Å². The van der Waals surface area contributed by atoms with Crippen LogP contribution in [0, 0.1) is 6.92 Å². The molecule has 0 unspecified atom stereocenters. The molecular weight excluding hydrogens is 238 g/mol. The van der Waals surface area contributed by atoms with Gasteiger partial charge in [-0.25, -0.2) is 4.98 Å². The molecule has 2 aromatic heterocycles. The standard InChI is InChI=1S/C14H21N5/c1-4-13-11(9-18(3)17-13)7-15-14-16-10(2)8-19(14)12-5-6-12/h8-9,12H,4-7H2,1-3H3,(H,15,16). The zero-order valence-electron chi connectivity index (χ0n) is 11.8. The van der Waals surface area contributed by atoms with E-state index < -0.39 is 0 Å². The van der Waals surface area contributed by atoms with Crippen LogP contribution in [0.4, 0.5) is 5.95 Å². The lowest BCUT2D eigenvalue weighted by molar-refractivity contribution is 0.742. The lowest BCUT2D eigenvalue weighted by Crippen LogP contribution is -2.07. The van der Waals surface area contributed by atoms with Crippen LogP contribution in [-0.2, 0) is 20.0 Å². The molecule has 0 spiro atoms. The molecule has 5 heteroatoms. The van der Waals surface area contributed by atoms with E-state index in [0.717, 1.165) is 30.3 Å². The summed E-state index contributed by atoms with van der Waals surface area (Å²) in [6, 6.07) is 0.656. The van der Waals surface area contributed by atoms with Gasteiger partial charge in [0.25, 0.3) is 0 Å². The molecule has 0 atom stereocenters. The average molecular weight is 259 g/mol. The Morgan fingerprint density at radius 3 is 2.84 bits per heavy atom. The number of aryl methyl sites for hydroxylation is 3. The van der Waals surface area contributed by atoms with Gasteiger partial charge in [0.15, 0.2) is 0 Å². The zero-order valence-corrected chi connectivity index (χ0v) is 11.8. The van der Waals surface area contributed by atoms with E-state index in [9.17, 15) is 0 Å². The van der Waals surface area contributed by atoms with Crippen molar-refractivity contribution in [3.8, 4) is 0 Å². The molecule has 1 fully saturated rings. The van der Waals surface area contributed by atoms with E-state index in [1.807, 2.05) is 18.7 Å². The molecule has 0 bridgehead atoms. The Morgan fingerprint density at radius 1 is 1.37 bits per heavy atom. The second-order valence-electron chi connectivity index (χ2n) is 5.33. The lowest BCUT2D eigenvalue weighted by Gasteiger charge is -2.08. The summed E-state index contributed by atoms with van der Waals surface area (Å²) in [5, 5.41) is 7.92. The van der Waals surface area contributed by atoms with Crippen molar-refractivity contribution in [3.63, 3.8) is 0 Å². The smallest absolute Gasteiger partial charge is 0.203 e. The third kappa shape index (κ3) is 2.50. The Morgan fingerprint density at radius 2 is 2.16 bits per heavy atom. The van der Waals surface area contributed by atoms with E-state index in [4.69, 9.17) is 0 Å². The third-order valence-corrected chi connectivity index (χ3v) is 3.56. The van der Waals surface area contributed by atoms with Gasteiger partial charge in [0.2, 0.25) is 5.95 Å². The monoisotopic (exact) mass is 259 g/mol. The number of hydrogen-bond acceptors (Lipinski definition) is 3. The van der Waals surface area contributed by atoms with Crippen molar-refractivity contribution in [1.29, 1.82) is 0 Å². The number of rotatable bonds is 5. The second-order valence-corrected chi connectivity index (χ2v) is 5.33. The summed E-state index contributed by atoms with van der Waals surface area (Å²) in [7, 11) is 1.97. The van der Waals surface area contributed by atoms with Gasteiger partial charge < -0.3 is 9.88 Å². The van der Waals surface area contributed by atoms with Gasteiger partial charge in [-0.05, 0) is 26.2 Å². The molecule has 19 heavy (non-hydrogen) atoms. The lowest BCUT2D eigenvalue weighted by atomic mass is 10.2. The number of nitrogens with one attached hydrogen (secondary N) is 1. The predicted molar refractivity (Wildman–Crippen MR) is 75.1 cm³/mol. The van der Waals surface area contributed by atoms with Crippen molar-refractivity contribution in [1.82, 2.24) is 19.3 Å². The van der Waals surface area contributed by atoms with Crippen LogP contribution in [0.25, 0.3) is 0 Å². The molecule has 5 nitrogen and oxygen atoms in total. The zero-order chi connectivity index (χ0) is 13.4. The molecule has 1 aliphatic rings. The Hall–Kier alpha value is -1.78. The van der Waals surface area contributed by atoms with Crippen LogP contribution >= 0.6 is 0 Å². The fraction of sp³-hybridized carbons (Fsp3) is 0.571. The molecule has 3 rings (SSSR count). The van der Waals surface area contributed by atoms with Gasteiger partial charge in [-0.15, -0.1) is 0 Å². The van der Waals surface area contributed by atoms with E-state index in [1.54, 1.807) is 0 Å². The van der Waals surface area contributed by atoms with E-state index in [1.165, 1.54) is 18.4 Å². The van der Waals surface area contributed by atoms with E-state index in [0.29, 0.717) is 6.04 Å². The fourth-order valence-corrected chi connectivity index (χ4v) is 2.48. The quantitative estimate of drug-likeness (QED) is 0.897. The van der Waals surface area contributed by atoms with E-state index in [2.05, 4.69) is 39.3 Å². The SMILES string of the molecule is CCc1nn(C)cc1CNc1nc(C)cn1C1CC1. The second kappa shape index (κ2) is 4.72. The maximum absolute atomic E-state index is 4.57. The van der Waals surface area contributed by atoms with Crippen molar-refractivity contribution in [3.05, 3.63) is 29.3 Å². The van der Waals surface area contributed by atoms with E-state index in [-0.39, 0.29) is 0 Å². The van der Waals surface area contributed by atoms with Crippen molar-refractivity contribution >= 4 is 5.95 Å². The van der Waals surface area contributed by atoms with Gasteiger partial charge >= 0.3 is 0 Å². The summed E-state index contributed by atoms with van der Waals surface area (Å²) in [4.78, 5) is 4.57. The largest absolute Gasteiger partial charge is 0.351 e. The molecule has 0 saturated heterocycles. The van der Waals surface area contributed by atoms with Crippen molar-refractivity contribution in [2.24, 2.45) is 7.05 Å². The van der Waals surface area contributed by atoms with Gasteiger partial charge in [0.1, 0.15) is 0 Å². The molecule has 1 aliphatic carbocycles. The highest BCUT2D eigenvalue weighted by atomic mass is 15.3. The minimum atomic E-state index is 0.656. The predicted octanol–water partition coefficient (Wildman–Crippen LogP) is 2.43. The first-order valence-corrected chi connectivity index (χ1v) is 6.98. The molecule has 0 aromatic carbocycles. The summed E-state index contributed by atoms with van der Waals surface area (Å²) in [6.07, 6.45) is 7.75. The summed E-state index contributed by atoms with van der Waals surface area (Å²) in [5.74, 6) is 0.992. The molecular formula is C14H21N5. The molecule has 1 saturated carbocycles. The maximum atomic E-state index is 4.57. The van der Waals surface area contributed by atoms with Gasteiger partial charge in [-0.2, -0.15) is 5.10 Å². The minimum Gasteiger partial charge on any atom is -0.351 e. The van der Waals surface area contributed by atoms with Gasteiger partial charge in [-0.1, -0.05) is 6.92 Å². The molecule has 1 N–H and O–H groups in total. The van der Waals surface area contributed by atoms with Crippen molar-refractivity contribution < 1.29 is 0 Å². The highest BCUT2D eigenvalue weighted by molar-refractivity contribution is 5.33. The van der Waals surface area contributed by atoms with E-state index >= 15 is 0 Å². The van der Waals surface area contributed by atoms with Crippen molar-refractivity contribution in [2.45, 2.75) is 45.7 Å². The van der Waals surface area contributed by atoms with Crippen LogP contribution < -0.4 is 5.32 Å². The van der Waals surface area contributed by atoms with Crippen LogP contribution in [0.2, 0.25) is 0 Å². The Kier molecular flexibility index (Phi) is 3.05. The van der Waals surface area contributed by atoms with Crippen LogP contribution in [0.15, 0.2) is 12.4 Å². The normalized spacial score (nSPS) is 14.9. The molecule has 2 aromatic rings. The first-order valence-electron chi connectivity index (χ1n) is 6.98. The Labute approximate surface area is 113 Å². The highest BCUT2D eigenvalue weighted by Crippen LogP contribution is 2.37. The Bertz CT molecular complexity index is 577. The van der Waals surface area contributed by atoms with Crippen LogP contribution in [0.3, 0.4) is 0 Å². The van der Waals surface area contributed by atoms with Crippen LogP contribution in [0.5, 0.6) is 0 Å². The number of imidazole rings is 1. The average Bonchev–Trinajstić information content (AvgIpc) is 3.06. The summed E-state index contributed by atoms with van der Waals surface area (Å²) >= 11 is 0. The summed E-state index contributed by atoms with van der Waals surface area (Å²) in [6.45, 7) is 4.98. The van der Waals surface area contributed by atoms with Crippen molar-refractivity contribution in [2.75, 3.05) is 5.32 Å². The Balaban J connectivity index is 1.75. The van der Waals surface area contributed by atoms with Crippen LogP contribution in [0.1, 0.15) is 42.8 Å². The third-order valence-electron chi connectivity index (χ3n) is 3.56.